The second-order valence-electron chi connectivity index (χ2n) is 3.89. The van der Waals surface area contributed by atoms with Crippen LogP contribution in [0.2, 0.25) is 0 Å². The van der Waals surface area contributed by atoms with Crippen LogP contribution in [0.1, 0.15) is 5.56 Å². The number of rotatable bonds is 7. The first kappa shape index (κ1) is 14.6. The predicted octanol–water partition coefficient (Wildman–Crippen LogP) is 1.45. The van der Waals surface area contributed by atoms with Crippen molar-refractivity contribution >= 4 is 5.91 Å². The van der Waals surface area contributed by atoms with Gasteiger partial charge in [0.05, 0.1) is 13.2 Å². The Bertz CT molecular complexity index is 384. The summed E-state index contributed by atoms with van der Waals surface area (Å²) in [5.74, 6) is -0.494. The third kappa shape index (κ3) is 4.81. The molecule has 0 radical (unpaired) electrons. The molecule has 0 aliphatic heterocycles. The highest BCUT2D eigenvalue weighted by Gasteiger charge is 2.11. The van der Waals surface area contributed by atoms with Gasteiger partial charge in [-0.15, -0.1) is 0 Å². The average molecular weight is 255 g/mol. The van der Waals surface area contributed by atoms with Gasteiger partial charge in [0.2, 0.25) is 5.91 Å². The fourth-order valence-electron chi connectivity index (χ4n) is 1.38. The monoisotopic (exact) mass is 255 g/mol. The maximum Gasteiger partial charge on any atom is 0.248 e. The molecular weight excluding hydrogens is 237 g/mol. The van der Waals surface area contributed by atoms with Crippen molar-refractivity contribution < 1.29 is 18.7 Å². The van der Waals surface area contributed by atoms with E-state index in [0.29, 0.717) is 18.8 Å². The Balaban J connectivity index is 2.38. The van der Waals surface area contributed by atoms with E-state index in [1.165, 1.54) is 11.0 Å². The van der Waals surface area contributed by atoms with Crippen LogP contribution in [0.3, 0.4) is 0 Å². The van der Waals surface area contributed by atoms with E-state index >= 15 is 0 Å². The maximum absolute atomic E-state index is 13.4. The molecule has 0 heterocycles. The number of amides is 1. The Morgan fingerprint density at radius 2 is 2.06 bits per heavy atom. The lowest BCUT2D eigenvalue weighted by atomic mass is 10.2. The van der Waals surface area contributed by atoms with Crippen LogP contribution in [0.15, 0.2) is 24.3 Å². The summed E-state index contributed by atoms with van der Waals surface area (Å²) in [5, 5.41) is 0. The Labute approximate surface area is 106 Å². The van der Waals surface area contributed by atoms with Crippen molar-refractivity contribution in [3.8, 4) is 0 Å². The van der Waals surface area contributed by atoms with Gasteiger partial charge >= 0.3 is 0 Å². The SMILES string of the molecule is COCCOCC(=O)N(C)Cc1ccccc1F. The van der Waals surface area contributed by atoms with E-state index in [-0.39, 0.29) is 24.9 Å². The van der Waals surface area contributed by atoms with Gasteiger partial charge in [-0.05, 0) is 6.07 Å². The summed E-state index contributed by atoms with van der Waals surface area (Å²) in [7, 11) is 3.18. The van der Waals surface area contributed by atoms with Gasteiger partial charge in [0.15, 0.2) is 0 Å². The van der Waals surface area contributed by atoms with Gasteiger partial charge in [0.25, 0.3) is 0 Å². The van der Waals surface area contributed by atoms with Gasteiger partial charge in [0, 0.05) is 26.3 Å². The topological polar surface area (TPSA) is 38.8 Å². The number of hydrogen-bond acceptors (Lipinski definition) is 3. The van der Waals surface area contributed by atoms with Crippen molar-refractivity contribution in [3.05, 3.63) is 35.6 Å². The molecule has 1 aromatic rings. The van der Waals surface area contributed by atoms with Crippen LogP contribution in [0.4, 0.5) is 4.39 Å². The van der Waals surface area contributed by atoms with E-state index in [1.807, 2.05) is 0 Å². The van der Waals surface area contributed by atoms with E-state index in [0.717, 1.165) is 0 Å². The fourth-order valence-corrected chi connectivity index (χ4v) is 1.38. The van der Waals surface area contributed by atoms with Crippen molar-refractivity contribution in [2.24, 2.45) is 0 Å². The molecular formula is C13H18FNO3. The molecule has 0 atom stereocenters. The van der Waals surface area contributed by atoms with Gasteiger partial charge in [0.1, 0.15) is 12.4 Å². The largest absolute Gasteiger partial charge is 0.382 e. The molecule has 0 aliphatic carbocycles. The van der Waals surface area contributed by atoms with Gasteiger partial charge in [-0.3, -0.25) is 4.79 Å². The summed E-state index contributed by atoms with van der Waals surface area (Å²) in [5.41, 5.74) is 0.491. The van der Waals surface area contributed by atoms with Crippen molar-refractivity contribution in [2.45, 2.75) is 6.54 Å². The van der Waals surface area contributed by atoms with Crippen LogP contribution in [0.5, 0.6) is 0 Å². The third-order valence-corrected chi connectivity index (χ3v) is 2.45. The summed E-state index contributed by atoms with van der Waals surface area (Å²) in [6, 6.07) is 6.40. The van der Waals surface area contributed by atoms with E-state index < -0.39 is 0 Å². The molecule has 0 bridgehead atoms. The average Bonchev–Trinajstić information content (AvgIpc) is 2.37. The lowest BCUT2D eigenvalue weighted by molar-refractivity contribution is -0.135. The van der Waals surface area contributed by atoms with Gasteiger partial charge in [-0.25, -0.2) is 4.39 Å². The number of methoxy groups -OCH3 is 1. The zero-order valence-corrected chi connectivity index (χ0v) is 10.7. The molecule has 100 valence electrons. The second kappa shape index (κ2) is 7.79. The minimum absolute atomic E-state index is 0.0195. The molecule has 0 aromatic heterocycles. The molecule has 0 N–H and O–H groups in total. The molecule has 0 spiro atoms. The number of benzene rings is 1. The first-order chi connectivity index (χ1) is 8.65. The molecule has 0 saturated carbocycles. The number of ether oxygens (including phenoxy) is 2. The number of likely N-dealkylation sites (N-methyl/N-ethyl adjacent to an activating group) is 1. The van der Waals surface area contributed by atoms with Crippen LogP contribution < -0.4 is 0 Å². The lowest BCUT2D eigenvalue weighted by Gasteiger charge is -2.17. The molecule has 0 fully saturated rings. The molecule has 0 saturated heterocycles. The standard InChI is InChI=1S/C13H18FNO3/c1-15(13(16)10-18-8-7-17-2)9-11-5-3-4-6-12(11)14/h3-6H,7-10H2,1-2H3. The number of carbonyl (C=O) groups excluding carboxylic acids is 1. The Kier molecular flexibility index (Phi) is 6.32. The predicted molar refractivity (Wildman–Crippen MR) is 65.6 cm³/mol. The number of halogens is 1. The van der Waals surface area contributed by atoms with Crippen LogP contribution in [0, 0.1) is 5.82 Å². The minimum atomic E-state index is -0.308. The molecule has 5 heteroatoms. The molecule has 0 unspecified atom stereocenters. The zero-order valence-electron chi connectivity index (χ0n) is 10.7. The maximum atomic E-state index is 13.4. The van der Waals surface area contributed by atoms with Crippen LogP contribution >= 0.6 is 0 Å². The molecule has 18 heavy (non-hydrogen) atoms. The van der Waals surface area contributed by atoms with E-state index in [2.05, 4.69) is 0 Å². The summed E-state index contributed by atoms with van der Waals surface area (Å²) in [4.78, 5) is 13.1. The van der Waals surface area contributed by atoms with Crippen molar-refractivity contribution in [1.82, 2.24) is 4.90 Å². The quantitative estimate of drug-likeness (QED) is 0.692. The number of carbonyl (C=O) groups is 1. The van der Waals surface area contributed by atoms with Crippen LogP contribution in [0.25, 0.3) is 0 Å². The van der Waals surface area contributed by atoms with Crippen molar-refractivity contribution in [3.63, 3.8) is 0 Å². The number of hydrogen-bond donors (Lipinski definition) is 0. The van der Waals surface area contributed by atoms with E-state index in [1.54, 1.807) is 32.4 Å². The van der Waals surface area contributed by atoms with Crippen LogP contribution in [-0.4, -0.2) is 44.8 Å². The summed E-state index contributed by atoms with van der Waals surface area (Å²) < 4.78 is 23.3. The second-order valence-corrected chi connectivity index (χ2v) is 3.89. The first-order valence-electron chi connectivity index (χ1n) is 5.69. The molecule has 1 amide bonds. The zero-order chi connectivity index (χ0) is 13.4. The summed E-state index contributed by atoms with van der Waals surface area (Å²) in [6.07, 6.45) is 0. The van der Waals surface area contributed by atoms with Gasteiger partial charge < -0.3 is 14.4 Å². The van der Waals surface area contributed by atoms with Crippen molar-refractivity contribution in [2.75, 3.05) is 34.0 Å². The Hall–Kier alpha value is -1.46. The van der Waals surface area contributed by atoms with E-state index in [9.17, 15) is 9.18 Å². The number of nitrogens with zero attached hydrogens (tertiary/aromatic N) is 1. The lowest BCUT2D eigenvalue weighted by Crippen LogP contribution is -2.30. The normalized spacial score (nSPS) is 10.4. The highest BCUT2D eigenvalue weighted by molar-refractivity contribution is 5.77. The van der Waals surface area contributed by atoms with Gasteiger partial charge in [-0.1, -0.05) is 18.2 Å². The first-order valence-corrected chi connectivity index (χ1v) is 5.69. The third-order valence-electron chi connectivity index (χ3n) is 2.45. The molecule has 1 aromatic carbocycles. The Morgan fingerprint density at radius 3 is 2.72 bits per heavy atom. The Morgan fingerprint density at radius 1 is 1.33 bits per heavy atom. The van der Waals surface area contributed by atoms with Crippen molar-refractivity contribution in [1.29, 1.82) is 0 Å². The molecule has 0 aliphatic rings. The summed E-state index contributed by atoms with van der Waals surface area (Å²) >= 11 is 0. The molecule has 1 rings (SSSR count). The summed E-state index contributed by atoms with van der Waals surface area (Å²) in [6.45, 7) is 1.04. The molecule has 4 nitrogen and oxygen atoms in total. The highest BCUT2D eigenvalue weighted by Crippen LogP contribution is 2.08. The smallest absolute Gasteiger partial charge is 0.248 e. The highest BCUT2D eigenvalue weighted by atomic mass is 19.1. The minimum Gasteiger partial charge on any atom is -0.382 e. The van der Waals surface area contributed by atoms with E-state index in [4.69, 9.17) is 9.47 Å². The fraction of sp³-hybridized carbons (Fsp3) is 0.462. The van der Waals surface area contributed by atoms with Gasteiger partial charge in [-0.2, -0.15) is 0 Å². The van der Waals surface area contributed by atoms with Crippen LogP contribution in [-0.2, 0) is 20.8 Å².